The molecule has 15 nitrogen and oxygen atoms in total. The molecule has 0 saturated heterocycles. The molecule has 0 aliphatic heterocycles. The Hall–Kier alpha value is -3.30. The van der Waals surface area contributed by atoms with Crippen LogP contribution in [0.4, 0.5) is 0 Å². The van der Waals surface area contributed by atoms with Crippen LogP contribution in [0.15, 0.2) is 0 Å². The SMILES string of the molecule is NCCCCC(NC(=O)C(N)CO)C(=O)NC(CCC(=O)O)C(=O)NC(CC(=O)O)C(=O)O. The molecule has 0 rings (SSSR count). The number of unbranched alkanes of at least 4 members (excludes halogenated alkanes) is 1. The maximum Gasteiger partial charge on any atom is 0.326 e. The zero-order chi connectivity index (χ0) is 25.6. The first-order valence-electron chi connectivity index (χ1n) is 10.1. The van der Waals surface area contributed by atoms with Gasteiger partial charge in [-0.1, -0.05) is 0 Å². The van der Waals surface area contributed by atoms with Crippen molar-refractivity contribution in [1.29, 1.82) is 0 Å². The van der Waals surface area contributed by atoms with Gasteiger partial charge in [0.2, 0.25) is 17.7 Å². The van der Waals surface area contributed by atoms with E-state index in [9.17, 15) is 28.8 Å². The molecule has 4 atom stereocenters. The zero-order valence-corrected chi connectivity index (χ0v) is 17.9. The monoisotopic (exact) mass is 477 g/mol. The van der Waals surface area contributed by atoms with E-state index in [4.69, 9.17) is 31.9 Å². The largest absolute Gasteiger partial charge is 0.481 e. The Morgan fingerprint density at radius 1 is 0.727 bits per heavy atom. The summed E-state index contributed by atoms with van der Waals surface area (Å²) in [4.78, 5) is 70.2. The molecule has 0 spiro atoms. The molecule has 0 heterocycles. The average Bonchev–Trinajstić information content (AvgIpc) is 2.73. The molecular formula is C18H31N5O10. The number of nitrogens with one attached hydrogen (secondary N) is 3. The Kier molecular flexibility index (Phi) is 13.9. The van der Waals surface area contributed by atoms with Crippen molar-refractivity contribution in [2.24, 2.45) is 11.5 Å². The Labute approximate surface area is 188 Å². The highest BCUT2D eigenvalue weighted by molar-refractivity contribution is 5.94. The van der Waals surface area contributed by atoms with Gasteiger partial charge in [-0.15, -0.1) is 0 Å². The second kappa shape index (κ2) is 15.5. The molecule has 0 bridgehead atoms. The molecule has 0 saturated carbocycles. The van der Waals surface area contributed by atoms with Gasteiger partial charge in [-0.3, -0.25) is 24.0 Å². The number of hydrogen-bond acceptors (Lipinski definition) is 9. The third kappa shape index (κ3) is 12.4. The average molecular weight is 477 g/mol. The Morgan fingerprint density at radius 3 is 1.70 bits per heavy atom. The van der Waals surface area contributed by atoms with Gasteiger partial charge in [0.05, 0.1) is 13.0 Å². The van der Waals surface area contributed by atoms with Gasteiger partial charge in [0.15, 0.2) is 0 Å². The summed E-state index contributed by atoms with van der Waals surface area (Å²) in [5, 5.41) is 42.3. The van der Waals surface area contributed by atoms with Crippen molar-refractivity contribution in [3.05, 3.63) is 0 Å². The van der Waals surface area contributed by atoms with Crippen LogP contribution in [0, 0.1) is 0 Å². The van der Waals surface area contributed by atoms with Crippen LogP contribution >= 0.6 is 0 Å². The predicted octanol–water partition coefficient (Wildman–Crippen LogP) is -3.69. The fraction of sp³-hybridized carbons (Fsp3) is 0.667. The summed E-state index contributed by atoms with van der Waals surface area (Å²) in [6.45, 7) is -0.380. The molecule has 188 valence electrons. The smallest absolute Gasteiger partial charge is 0.326 e. The van der Waals surface area contributed by atoms with Crippen LogP contribution in [0.5, 0.6) is 0 Å². The van der Waals surface area contributed by atoms with Gasteiger partial charge in [0, 0.05) is 6.42 Å². The first-order chi connectivity index (χ1) is 15.4. The van der Waals surface area contributed by atoms with E-state index in [1.807, 2.05) is 5.32 Å². The summed E-state index contributed by atoms with van der Waals surface area (Å²) in [6.07, 6.45) is -0.978. The van der Waals surface area contributed by atoms with Crippen molar-refractivity contribution in [2.45, 2.75) is 62.7 Å². The van der Waals surface area contributed by atoms with Gasteiger partial charge in [0.1, 0.15) is 24.2 Å². The van der Waals surface area contributed by atoms with Crippen LogP contribution in [0.1, 0.15) is 38.5 Å². The maximum atomic E-state index is 12.7. The number of aliphatic hydroxyl groups excluding tert-OH is 1. The lowest BCUT2D eigenvalue weighted by Gasteiger charge is -2.24. The number of aliphatic hydroxyl groups is 1. The third-order valence-corrected chi connectivity index (χ3v) is 4.39. The van der Waals surface area contributed by atoms with Gasteiger partial charge in [-0.05, 0) is 32.2 Å². The molecule has 15 heteroatoms. The quantitative estimate of drug-likeness (QED) is 0.0916. The zero-order valence-electron chi connectivity index (χ0n) is 17.9. The fourth-order valence-corrected chi connectivity index (χ4v) is 2.58. The minimum Gasteiger partial charge on any atom is -0.481 e. The van der Waals surface area contributed by atoms with E-state index in [1.165, 1.54) is 0 Å². The van der Waals surface area contributed by atoms with Crippen LogP contribution in [-0.4, -0.2) is 93.4 Å². The molecule has 0 aromatic rings. The molecule has 11 N–H and O–H groups in total. The number of carboxylic acids is 3. The van der Waals surface area contributed by atoms with E-state index in [1.54, 1.807) is 0 Å². The minimum absolute atomic E-state index is 0.0803. The van der Waals surface area contributed by atoms with E-state index in [-0.39, 0.29) is 6.42 Å². The van der Waals surface area contributed by atoms with Crippen molar-refractivity contribution in [3.8, 4) is 0 Å². The highest BCUT2D eigenvalue weighted by atomic mass is 16.4. The number of amides is 3. The number of carbonyl (C=O) groups is 6. The van der Waals surface area contributed by atoms with E-state index < -0.39 is 85.7 Å². The van der Waals surface area contributed by atoms with Gasteiger partial charge in [-0.2, -0.15) is 0 Å². The van der Waals surface area contributed by atoms with E-state index in [2.05, 4.69) is 10.6 Å². The number of carbonyl (C=O) groups excluding carboxylic acids is 3. The molecule has 0 aromatic carbocycles. The highest BCUT2D eigenvalue weighted by Gasteiger charge is 2.31. The molecule has 0 aliphatic rings. The number of carboxylic acid groups (broad SMARTS) is 3. The van der Waals surface area contributed by atoms with E-state index in [0.717, 1.165) is 0 Å². The maximum absolute atomic E-state index is 12.7. The topological polar surface area (TPSA) is 271 Å². The minimum atomic E-state index is -1.82. The fourth-order valence-electron chi connectivity index (χ4n) is 2.58. The summed E-state index contributed by atoms with van der Waals surface area (Å²) in [5.41, 5.74) is 10.8. The van der Waals surface area contributed by atoms with Crippen LogP contribution in [0.25, 0.3) is 0 Å². The number of hydrogen-bond donors (Lipinski definition) is 9. The van der Waals surface area contributed by atoms with Crippen molar-refractivity contribution in [1.82, 2.24) is 16.0 Å². The molecule has 0 aromatic heterocycles. The van der Waals surface area contributed by atoms with Crippen molar-refractivity contribution in [2.75, 3.05) is 13.2 Å². The van der Waals surface area contributed by atoms with Crippen molar-refractivity contribution < 1.29 is 49.2 Å². The number of rotatable bonds is 17. The summed E-state index contributed by atoms with van der Waals surface area (Å²) >= 11 is 0. The molecule has 0 fully saturated rings. The van der Waals surface area contributed by atoms with Crippen LogP contribution in [-0.2, 0) is 28.8 Å². The summed E-state index contributed by atoms with van der Waals surface area (Å²) in [6, 6.07) is -5.88. The van der Waals surface area contributed by atoms with Crippen LogP contribution in [0.2, 0.25) is 0 Å². The lowest BCUT2D eigenvalue weighted by molar-refractivity contribution is -0.147. The van der Waals surface area contributed by atoms with Crippen molar-refractivity contribution >= 4 is 35.6 Å². The first kappa shape index (κ1) is 29.7. The molecule has 4 unspecified atom stereocenters. The Balaban J connectivity index is 5.54. The normalized spacial score (nSPS) is 14.3. The Bertz CT molecular complexity index is 717. The third-order valence-electron chi connectivity index (χ3n) is 4.39. The highest BCUT2D eigenvalue weighted by Crippen LogP contribution is 2.06. The second-order valence-corrected chi connectivity index (χ2v) is 7.13. The van der Waals surface area contributed by atoms with Gasteiger partial charge in [0.25, 0.3) is 0 Å². The first-order valence-corrected chi connectivity index (χ1v) is 10.1. The molecule has 0 radical (unpaired) electrons. The summed E-state index contributed by atoms with van der Waals surface area (Å²) in [5.74, 6) is -7.29. The Morgan fingerprint density at radius 2 is 1.24 bits per heavy atom. The molecule has 33 heavy (non-hydrogen) atoms. The molecule has 3 amide bonds. The molecular weight excluding hydrogens is 446 g/mol. The number of nitrogens with two attached hydrogens (primary N) is 2. The predicted molar refractivity (Wildman–Crippen MR) is 111 cm³/mol. The van der Waals surface area contributed by atoms with E-state index >= 15 is 0 Å². The summed E-state index contributed by atoms with van der Waals surface area (Å²) < 4.78 is 0. The summed E-state index contributed by atoms with van der Waals surface area (Å²) in [7, 11) is 0. The van der Waals surface area contributed by atoms with Crippen LogP contribution in [0.3, 0.4) is 0 Å². The van der Waals surface area contributed by atoms with E-state index in [0.29, 0.717) is 19.4 Å². The number of aliphatic carboxylic acids is 3. The van der Waals surface area contributed by atoms with Crippen molar-refractivity contribution in [3.63, 3.8) is 0 Å². The van der Waals surface area contributed by atoms with Gasteiger partial charge < -0.3 is 47.8 Å². The van der Waals surface area contributed by atoms with Crippen LogP contribution < -0.4 is 27.4 Å². The lowest BCUT2D eigenvalue weighted by Crippen LogP contribution is -2.57. The second-order valence-electron chi connectivity index (χ2n) is 7.13. The van der Waals surface area contributed by atoms with Gasteiger partial charge in [-0.25, -0.2) is 4.79 Å². The van der Waals surface area contributed by atoms with Gasteiger partial charge >= 0.3 is 17.9 Å². The molecule has 0 aliphatic carbocycles. The standard InChI is InChI=1S/C18H31N5O10/c19-6-2-1-3-10(21-15(29)9(20)8-24)16(30)22-11(4-5-13(25)26)17(31)23-12(18(32)33)7-14(27)28/h9-12,24H,1-8,19-20H2,(H,21,29)(H,22,30)(H,23,31)(H,25,26)(H,27,28)(H,32,33). The lowest BCUT2D eigenvalue weighted by atomic mass is 10.1.